The van der Waals surface area contributed by atoms with E-state index in [2.05, 4.69) is 42.9 Å². The maximum absolute atomic E-state index is 3.47. The zero-order chi connectivity index (χ0) is 11.1. The summed E-state index contributed by atoms with van der Waals surface area (Å²) in [6.07, 6.45) is 1.14. The second kappa shape index (κ2) is 6.99. The van der Waals surface area contributed by atoms with Crippen LogP contribution in [0.1, 0.15) is 31.2 Å². The zero-order valence-corrected chi connectivity index (χ0v) is 10.8. The maximum atomic E-state index is 3.47. The van der Waals surface area contributed by atoms with Crippen molar-refractivity contribution in [3.63, 3.8) is 0 Å². The third-order valence-electron chi connectivity index (χ3n) is 2.36. The van der Waals surface area contributed by atoms with Crippen LogP contribution < -0.4 is 10.6 Å². The van der Waals surface area contributed by atoms with E-state index in [1.807, 2.05) is 11.3 Å². The standard InChI is InChI=1S/C12H22N2S/c1-4-11-5-8-15-12(11)9-13-6-7-14-10(2)3/h5,8,10,13-14H,4,6-7,9H2,1-3H3. The highest BCUT2D eigenvalue weighted by molar-refractivity contribution is 7.10. The molecule has 1 aromatic rings. The van der Waals surface area contributed by atoms with Crippen molar-refractivity contribution in [3.05, 3.63) is 21.9 Å². The zero-order valence-electron chi connectivity index (χ0n) is 9.97. The topological polar surface area (TPSA) is 24.1 Å². The van der Waals surface area contributed by atoms with Crippen molar-refractivity contribution < 1.29 is 0 Å². The van der Waals surface area contributed by atoms with Crippen LogP contribution in [0.4, 0.5) is 0 Å². The Labute approximate surface area is 97.1 Å². The summed E-state index contributed by atoms with van der Waals surface area (Å²) < 4.78 is 0. The number of hydrogen-bond donors (Lipinski definition) is 2. The molecule has 1 rings (SSSR count). The molecule has 1 heterocycles. The summed E-state index contributed by atoms with van der Waals surface area (Å²) in [4.78, 5) is 1.49. The lowest BCUT2D eigenvalue weighted by Gasteiger charge is -2.08. The van der Waals surface area contributed by atoms with Gasteiger partial charge in [-0.1, -0.05) is 20.8 Å². The van der Waals surface area contributed by atoms with Crippen LogP contribution >= 0.6 is 11.3 Å². The predicted octanol–water partition coefficient (Wildman–Crippen LogP) is 2.40. The summed E-state index contributed by atoms with van der Waals surface area (Å²) in [7, 11) is 0. The van der Waals surface area contributed by atoms with Crippen LogP contribution in [0.3, 0.4) is 0 Å². The Morgan fingerprint density at radius 1 is 1.33 bits per heavy atom. The predicted molar refractivity (Wildman–Crippen MR) is 68.5 cm³/mol. The molecule has 0 radical (unpaired) electrons. The highest BCUT2D eigenvalue weighted by Gasteiger charge is 2.01. The number of rotatable bonds is 7. The molecular formula is C12H22N2S. The fraction of sp³-hybridized carbons (Fsp3) is 0.667. The molecule has 0 aliphatic rings. The van der Waals surface area contributed by atoms with Crippen LogP contribution in [0.25, 0.3) is 0 Å². The normalized spacial score (nSPS) is 11.2. The summed E-state index contributed by atoms with van der Waals surface area (Å²) >= 11 is 1.86. The number of nitrogens with one attached hydrogen (secondary N) is 2. The minimum atomic E-state index is 0.583. The van der Waals surface area contributed by atoms with Crippen LogP contribution in [0.5, 0.6) is 0 Å². The minimum Gasteiger partial charge on any atom is -0.313 e. The number of hydrogen-bond acceptors (Lipinski definition) is 3. The molecule has 0 unspecified atom stereocenters. The van der Waals surface area contributed by atoms with Gasteiger partial charge in [0.05, 0.1) is 0 Å². The van der Waals surface area contributed by atoms with Crippen LogP contribution in [0.2, 0.25) is 0 Å². The lowest BCUT2D eigenvalue weighted by atomic mass is 10.2. The summed E-state index contributed by atoms with van der Waals surface area (Å²) in [6, 6.07) is 2.81. The summed E-state index contributed by atoms with van der Waals surface area (Å²) in [5, 5.41) is 9.04. The Morgan fingerprint density at radius 3 is 2.80 bits per heavy atom. The molecule has 0 amide bonds. The molecule has 0 fully saturated rings. The Balaban J connectivity index is 2.15. The van der Waals surface area contributed by atoms with Gasteiger partial charge in [-0.05, 0) is 23.4 Å². The number of thiophene rings is 1. The van der Waals surface area contributed by atoms with Crippen molar-refractivity contribution in [2.24, 2.45) is 0 Å². The van der Waals surface area contributed by atoms with E-state index in [1.54, 1.807) is 0 Å². The molecular weight excluding hydrogens is 204 g/mol. The van der Waals surface area contributed by atoms with Crippen molar-refractivity contribution in [1.82, 2.24) is 10.6 Å². The largest absolute Gasteiger partial charge is 0.313 e. The quantitative estimate of drug-likeness (QED) is 0.698. The minimum absolute atomic E-state index is 0.583. The molecule has 0 atom stereocenters. The first-order valence-corrected chi connectivity index (χ1v) is 6.61. The molecule has 2 N–H and O–H groups in total. The molecule has 2 nitrogen and oxygen atoms in total. The van der Waals surface area contributed by atoms with E-state index in [1.165, 1.54) is 10.4 Å². The second-order valence-corrected chi connectivity index (χ2v) is 5.01. The molecule has 86 valence electrons. The molecule has 1 aromatic heterocycles. The first kappa shape index (κ1) is 12.7. The van der Waals surface area contributed by atoms with E-state index >= 15 is 0 Å². The molecule has 3 heteroatoms. The average molecular weight is 226 g/mol. The molecule has 0 aromatic carbocycles. The molecule has 0 aliphatic heterocycles. The Kier molecular flexibility index (Phi) is 5.91. The van der Waals surface area contributed by atoms with Gasteiger partial charge in [-0.2, -0.15) is 0 Å². The van der Waals surface area contributed by atoms with Gasteiger partial charge in [0.25, 0.3) is 0 Å². The summed E-state index contributed by atoms with van der Waals surface area (Å²) in [5.74, 6) is 0. The van der Waals surface area contributed by atoms with Crippen molar-refractivity contribution in [2.75, 3.05) is 13.1 Å². The van der Waals surface area contributed by atoms with Gasteiger partial charge in [-0.25, -0.2) is 0 Å². The fourth-order valence-corrected chi connectivity index (χ4v) is 2.43. The van der Waals surface area contributed by atoms with Gasteiger partial charge in [0.2, 0.25) is 0 Å². The molecule has 0 spiro atoms. The van der Waals surface area contributed by atoms with Crippen LogP contribution in [-0.4, -0.2) is 19.1 Å². The SMILES string of the molecule is CCc1ccsc1CNCCNC(C)C. The van der Waals surface area contributed by atoms with E-state index in [4.69, 9.17) is 0 Å². The van der Waals surface area contributed by atoms with Gasteiger partial charge in [0.1, 0.15) is 0 Å². The third-order valence-corrected chi connectivity index (χ3v) is 3.32. The van der Waals surface area contributed by atoms with Crippen molar-refractivity contribution >= 4 is 11.3 Å². The first-order chi connectivity index (χ1) is 7.24. The summed E-state index contributed by atoms with van der Waals surface area (Å²) in [5.41, 5.74) is 1.49. The Bertz CT molecular complexity index is 268. The van der Waals surface area contributed by atoms with E-state index in [9.17, 15) is 0 Å². The Morgan fingerprint density at radius 2 is 2.13 bits per heavy atom. The van der Waals surface area contributed by atoms with E-state index < -0.39 is 0 Å². The smallest absolute Gasteiger partial charge is 0.0303 e. The van der Waals surface area contributed by atoms with Crippen molar-refractivity contribution in [3.8, 4) is 0 Å². The van der Waals surface area contributed by atoms with Gasteiger partial charge in [0.15, 0.2) is 0 Å². The summed E-state index contributed by atoms with van der Waals surface area (Å²) in [6.45, 7) is 9.67. The molecule has 0 saturated carbocycles. The average Bonchev–Trinajstić information content (AvgIpc) is 2.64. The second-order valence-electron chi connectivity index (χ2n) is 4.01. The van der Waals surface area contributed by atoms with Crippen LogP contribution in [0.15, 0.2) is 11.4 Å². The van der Waals surface area contributed by atoms with Gasteiger partial charge in [-0.15, -0.1) is 11.3 Å². The monoisotopic (exact) mass is 226 g/mol. The van der Waals surface area contributed by atoms with E-state index in [-0.39, 0.29) is 0 Å². The fourth-order valence-electron chi connectivity index (χ4n) is 1.49. The molecule has 0 saturated heterocycles. The van der Waals surface area contributed by atoms with E-state index in [0.717, 1.165) is 26.1 Å². The molecule has 0 aliphatic carbocycles. The Hall–Kier alpha value is -0.380. The lowest BCUT2D eigenvalue weighted by molar-refractivity contribution is 0.556. The van der Waals surface area contributed by atoms with Crippen molar-refractivity contribution in [1.29, 1.82) is 0 Å². The third kappa shape index (κ3) is 4.78. The lowest BCUT2D eigenvalue weighted by Crippen LogP contribution is -2.31. The number of aryl methyl sites for hydroxylation is 1. The van der Waals surface area contributed by atoms with Gasteiger partial charge >= 0.3 is 0 Å². The maximum Gasteiger partial charge on any atom is 0.0303 e. The molecule has 0 bridgehead atoms. The highest BCUT2D eigenvalue weighted by Crippen LogP contribution is 2.16. The molecule has 15 heavy (non-hydrogen) atoms. The van der Waals surface area contributed by atoms with Crippen LogP contribution in [0, 0.1) is 0 Å². The van der Waals surface area contributed by atoms with Crippen molar-refractivity contribution in [2.45, 2.75) is 39.8 Å². The van der Waals surface area contributed by atoms with Gasteiger partial charge < -0.3 is 10.6 Å². The first-order valence-electron chi connectivity index (χ1n) is 5.73. The van der Waals surface area contributed by atoms with Crippen LogP contribution in [-0.2, 0) is 13.0 Å². The van der Waals surface area contributed by atoms with Gasteiger partial charge in [-0.3, -0.25) is 0 Å². The highest BCUT2D eigenvalue weighted by atomic mass is 32.1. The van der Waals surface area contributed by atoms with Gasteiger partial charge in [0, 0.05) is 30.6 Å². The van der Waals surface area contributed by atoms with E-state index in [0.29, 0.717) is 6.04 Å².